The molecule has 0 saturated carbocycles. The summed E-state index contributed by atoms with van der Waals surface area (Å²) in [7, 11) is 3.37. The molecule has 7 rings (SSSR count). The average Bonchev–Trinajstić information content (AvgIpc) is 3.31. The SMILES string of the molecule is COCO[C@@H](C[C@@H]1CCC[C@H](C(C)(C)COCc2ccccc2)O1)C[C@@H](OCc1ccc(OC)cc1)[C@@H](C)CC[C@@H]1CC2(C[C@H](CC#Cc3cccc4c3C(=O)OC(C)(C)O4)O1)SCCCS2. The van der Waals surface area contributed by atoms with Gasteiger partial charge in [-0.05, 0) is 111 Å². The minimum absolute atomic E-state index is 0.0185. The van der Waals surface area contributed by atoms with Crippen molar-refractivity contribution in [1.29, 1.82) is 0 Å². The Balaban J connectivity index is 1.01. The Labute approximate surface area is 408 Å². The molecule has 366 valence electrons. The van der Waals surface area contributed by atoms with Gasteiger partial charge < -0.3 is 42.6 Å². The molecule has 10 nitrogen and oxygen atoms in total. The van der Waals surface area contributed by atoms with Crippen LogP contribution in [-0.2, 0) is 46.4 Å². The number of hydrogen-bond donors (Lipinski definition) is 0. The number of thioether (sulfide) groups is 2. The summed E-state index contributed by atoms with van der Waals surface area (Å²) in [6.45, 7) is 12.2. The summed E-state index contributed by atoms with van der Waals surface area (Å²) < 4.78 is 56.1. The van der Waals surface area contributed by atoms with Gasteiger partial charge >= 0.3 is 5.97 Å². The Hall–Kier alpha value is -3.25. The molecule has 3 aromatic rings. The molecule has 3 fully saturated rings. The topological polar surface area (TPSA) is 100 Å². The molecule has 4 heterocycles. The maximum atomic E-state index is 13.0. The van der Waals surface area contributed by atoms with E-state index >= 15 is 0 Å². The summed E-state index contributed by atoms with van der Waals surface area (Å²) in [6, 6.07) is 24.0. The summed E-state index contributed by atoms with van der Waals surface area (Å²) in [4.78, 5) is 13.0. The van der Waals surface area contributed by atoms with Crippen LogP contribution in [0.25, 0.3) is 0 Å². The summed E-state index contributed by atoms with van der Waals surface area (Å²) >= 11 is 4.21. The number of ether oxygens (including phenoxy) is 9. The standard InChI is InChI=1S/C55H74O10S2/c1-39(23-26-46-34-55(66-29-14-30-67-55)33-45(62-46)20-11-17-42-18-12-21-48-51(42)52(56)65-54(4,5)64-48)49(60-36-41-24-27-43(58-7)28-25-41)32-47(61-38-57-6)31-44-19-13-22-50(63-44)53(2,3)37-59-35-40-15-9-8-10-16-40/h8-10,12,15-16,18,21,24-25,27-28,39,44-47,49-50H,13-14,19-20,22-23,26,29-38H2,1-7H3/t39-,44-,45-,46+,47-,49+,50+/m0/s1. The van der Waals surface area contributed by atoms with Crippen LogP contribution in [0.15, 0.2) is 72.8 Å². The van der Waals surface area contributed by atoms with Gasteiger partial charge in [0.1, 0.15) is 23.9 Å². The highest BCUT2D eigenvalue weighted by Gasteiger charge is 2.44. The lowest BCUT2D eigenvalue weighted by Crippen LogP contribution is -2.43. The monoisotopic (exact) mass is 958 g/mol. The molecular formula is C55H74O10S2. The van der Waals surface area contributed by atoms with Crippen molar-refractivity contribution in [2.24, 2.45) is 11.3 Å². The zero-order valence-corrected chi connectivity index (χ0v) is 42.5. The van der Waals surface area contributed by atoms with Gasteiger partial charge in [0.05, 0.1) is 67.6 Å². The van der Waals surface area contributed by atoms with Gasteiger partial charge in [-0.1, -0.05) is 81.1 Å². The number of esters is 1. The van der Waals surface area contributed by atoms with Crippen LogP contribution >= 0.6 is 23.5 Å². The Morgan fingerprint density at radius 2 is 1.60 bits per heavy atom. The van der Waals surface area contributed by atoms with Gasteiger partial charge in [0.25, 0.3) is 0 Å². The molecular weight excluding hydrogens is 885 g/mol. The predicted molar refractivity (Wildman–Crippen MR) is 267 cm³/mol. The molecule has 7 atom stereocenters. The van der Waals surface area contributed by atoms with Crippen LogP contribution in [0.2, 0.25) is 0 Å². The highest BCUT2D eigenvalue weighted by molar-refractivity contribution is 8.18. The Morgan fingerprint density at radius 3 is 2.36 bits per heavy atom. The zero-order chi connectivity index (χ0) is 47.3. The molecule has 0 bridgehead atoms. The Morgan fingerprint density at radius 1 is 0.836 bits per heavy atom. The number of fused-ring (bicyclic) bond motifs is 1. The number of cyclic esters (lactones) is 1. The lowest BCUT2D eigenvalue weighted by atomic mass is 9.82. The van der Waals surface area contributed by atoms with Gasteiger partial charge in [-0.3, -0.25) is 0 Å². The zero-order valence-electron chi connectivity index (χ0n) is 40.9. The fraction of sp³-hybridized carbons (Fsp3) is 0.618. The fourth-order valence-corrected chi connectivity index (χ4v) is 13.3. The Kier molecular flexibility index (Phi) is 18.9. The molecule has 0 N–H and O–H groups in total. The van der Waals surface area contributed by atoms with E-state index in [1.54, 1.807) is 34.1 Å². The van der Waals surface area contributed by atoms with Crippen LogP contribution in [0.5, 0.6) is 11.5 Å². The van der Waals surface area contributed by atoms with Crippen LogP contribution in [0.3, 0.4) is 0 Å². The van der Waals surface area contributed by atoms with E-state index in [0.29, 0.717) is 49.5 Å². The van der Waals surface area contributed by atoms with Crippen LogP contribution in [-0.4, -0.2) is 91.6 Å². The summed E-state index contributed by atoms with van der Waals surface area (Å²) in [5, 5.41) is 0. The molecule has 1 spiro atoms. The smallest absolute Gasteiger partial charge is 0.346 e. The summed E-state index contributed by atoms with van der Waals surface area (Å²) in [5.41, 5.74) is 3.14. The van der Waals surface area contributed by atoms with Crippen LogP contribution in [0.1, 0.15) is 132 Å². The van der Waals surface area contributed by atoms with Gasteiger partial charge in [0.15, 0.2) is 0 Å². The lowest BCUT2D eigenvalue weighted by molar-refractivity contribution is -0.153. The van der Waals surface area contributed by atoms with Gasteiger partial charge in [-0.2, -0.15) is 0 Å². The first-order valence-corrected chi connectivity index (χ1v) is 26.4. The normalized spacial score (nSPS) is 23.7. The van der Waals surface area contributed by atoms with E-state index in [9.17, 15) is 4.79 Å². The highest BCUT2D eigenvalue weighted by atomic mass is 32.2. The summed E-state index contributed by atoms with van der Waals surface area (Å²) in [5.74, 6) is 9.13. The first kappa shape index (κ1) is 51.6. The molecule has 0 aromatic heterocycles. The second kappa shape index (κ2) is 24.5. The molecule has 0 unspecified atom stereocenters. The number of hydrogen-bond acceptors (Lipinski definition) is 12. The number of benzene rings is 3. The second-order valence-corrected chi connectivity index (χ2v) is 23.1. The molecule has 3 aromatic carbocycles. The molecule has 3 saturated heterocycles. The summed E-state index contributed by atoms with van der Waals surface area (Å²) in [6.07, 6.45) is 10.2. The van der Waals surface area contributed by atoms with Crippen molar-refractivity contribution in [3.05, 3.63) is 95.1 Å². The van der Waals surface area contributed by atoms with E-state index in [0.717, 1.165) is 74.2 Å². The minimum atomic E-state index is -1.02. The number of carbonyl (C=O) groups is 1. The van der Waals surface area contributed by atoms with Crippen molar-refractivity contribution in [2.75, 3.05) is 39.1 Å². The van der Waals surface area contributed by atoms with E-state index in [-0.39, 0.29) is 58.8 Å². The van der Waals surface area contributed by atoms with E-state index in [4.69, 9.17) is 42.6 Å². The third kappa shape index (κ3) is 15.1. The van der Waals surface area contributed by atoms with Crippen LogP contribution in [0, 0.1) is 23.2 Å². The van der Waals surface area contributed by atoms with E-state index in [2.05, 4.69) is 92.5 Å². The van der Waals surface area contributed by atoms with Crippen molar-refractivity contribution >= 4 is 29.5 Å². The molecule has 0 radical (unpaired) electrons. The predicted octanol–water partition coefficient (Wildman–Crippen LogP) is 11.8. The highest BCUT2D eigenvalue weighted by Crippen LogP contribution is 2.52. The average molecular weight is 959 g/mol. The second-order valence-electron chi connectivity index (χ2n) is 19.9. The van der Waals surface area contributed by atoms with Gasteiger partial charge in [0, 0.05) is 44.8 Å². The molecule has 0 amide bonds. The quantitative estimate of drug-likeness (QED) is 0.0577. The molecule has 12 heteroatoms. The number of rotatable bonds is 21. The van der Waals surface area contributed by atoms with Crippen molar-refractivity contribution in [3.8, 4) is 23.3 Å². The van der Waals surface area contributed by atoms with Gasteiger partial charge in [0.2, 0.25) is 5.79 Å². The van der Waals surface area contributed by atoms with Crippen LogP contribution < -0.4 is 9.47 Å². The minimum Gasteiger partial charge on any atom is -0.497 e. The third-order valence-electron chi connectivity index (χ3n) is 13.4. The Bertz CT molecular complexity index is 2060. The van der Waals surface area contributed by atoms with Crippen molar-refractivity contribution in [2.45, 2.75) is 165 Å². The molecule has 0 aliphatic carbocycles. The molecule has 67 heavy (non-hydrogen) atoms. The van der Waals surface area contributed by atoms with Crippen molar-refractivity contribution in [1.82, 2.24) is 0 Å². The van der Waals surface area contributed by atoms with Crippen molar-refractivity contribution in [3.63, 3.8) is 0 Å². The van der Waals surface area contributed by atoms with E-state index in [1.165, 1.54) is 12.0 Å². The molecule has 4 aliphatic rings. The largest absolute Gasteiger partial charge is 0.497 e. The fourth-order valence-electron chi connectivity index (χ4n) is 9.76. The number of methoxy groups -OCH3 is 2. The molecule has 4 aliphatic heterocycles. The van der Waals surface area contributed by atoms with E-state index < -0.39 is 11.8 Å². The lowest BCUT2D eigenvalue weighted by Gasteiger charge is -2.45. The maximum Gasteiger partial charge on any atom is 0.346 e. The van der Waals surface area contributed by atoms with Crippen LogP contribution in [0.4, 0.5) is 0 Å². The van der Waals surface area contributed by atoms with E-state index in [1.807, 2.05) is 30.3 Å². The first-order chi connectivity index (χ1) is 32.3. The third-order valence-corrected chi connectivity index (χ3v) is 16.8. The maximum absolute atomic E-state index is 13.0. The first-order valence-electron chi connectivity index (χ1n) is 24.4. The van der Waals surface area contributed by atoms with Crippen molar-refractivity contribution < 1.29 is 47.4 Å². The van der Waals surface area contributed by atoms with Gasteiger partial charge in [-0.15, -0.1) is 23.5 Å². The van der Waals surface area contributed by atoms with Gasteiger partial charge in [-0.25, -0.2) is 4.79 Å². The number of carbonyl (C=O) groups excluding carboxylic acids is 1.